The van der Waals surface area contributed by atoms with Gasteiger partial charge in [-0.1, -0.05) is 25.1 Å². The maximum absolute atomic E-state index is 12.7. The maximum Gasteiger partial charge on any atom is 0.338 e. The molecule has 0 bridgehead atoms. The van der Waals surface area contributed by atoms with E-state index in [1.807, 2.05) is 19.1 Å². The van der Waals surface area contributed by atoms with Crippen LogP contribution in [0.15, 0.2) is 42.5 Å². The number of benzene rings is 2. The highest BCUT2D eigenvalue weighted by Gasteiger charge is 2.22. The molecule has 1 amide bonds. The summed E-state index contributed by atoms with van der Waals surface area (Å²) < 4.78 is 16.2. The highest BCUT2D eigenvalue weighted by molar-refractivity contribution is 5.98. The number of amides is 1. The van der Waals surface area contributed by atoms with Crippen molar-refractivity contribution in [2.75, 3.05) is 19.0 Å². The van der Waals surface area contributed by atoms with E-state index >= 15 is 0 Å². The molecule has 1 unspecified atom stereocenters. The monoisotopic (exact) mass is 371 g/mol. The summed E-state index contributed by atoms with van der Waals surface area (Å²) in [6.45, 7) is 5.67. The molecule has 0 spiro atoms. The topological polar surface area (TPSA) is 73.9 Å². The van der Waals surface area contributed by atoms with Crippen molar-refractivity contribution in [1.82, 2.24) is 0 Å². The minimum Gasteiger partial charge on any atom is -0.493 e. The Morgan fingerprint density at radius 3 is 2.37 bits per heavy atom. The van der Waals surface area contributed by atoms with Gasteiger partial charge in [-0.3, -0.25) is 4.79 Å². The average Bonchev–Trinajstić information content (AvgIpc) is 2.68. The van der Waals surface area contributed by atoms with E-state index in [1.165, 1.54) is 0 Å². The zero-order chi connectivity index (χ0) is 19.8. The molecule has 0 fully saturated rings. The van der Waals surface area contributed by atoms with E-state index in [2.05, 4.69) is 5.32 Å². The Morgan fingerprint density at radius 2 is 1.74 bits per heavy atom. The lowest BCUT2D eigenvalue weighted by Gasteiger charge is -2.20. The second kappa shape index (κ2) is 9.62. The summed E-state index contributed by atoms with van der Waals surface area (Å²) in [5.41, 5.74) is 1.62. The van der Waals surface area contributed by atoms with Crippen LogP contribution in [0.5, 0.6) is 11.5 Å². The van der Waals surface area contributed by atoms with Gasteiger partial charge in [-0.25, -0.2) is 4.79 Å². The number of para-hydroxylation sites is 2. The first-order valence-corrected chi connectivity index (χ1v) is 8.89. The molecule has 27 heavy (non-hydrogen) atoms. The van der Waals surface area contributed by atoms with Crippen molar-refractivity contribution < 1.29 is 23.8 Å². The number of carbonyl (C=O) groups excluding carboxylic acids is 2. The van der Waals surface area contributed by atoms with Crippen LogP contribution in [-0.4, -0.2) is 31.7 Å². The molecule has 1 N–H and O–H groups in total. The summed E-state index contributed by atoms with van der Waals surface area (Å²) in [6, 6.07) is 12.3. The molecule has 2 rings (SSSR count). The number of nitrogens with one attached hydrogen (secondary N) is 1. The molecular formula is C21H25NO5. The lowest BCUT2D eigenvalue weighted by atomic mass is 10.1. The number of rotatable bonds is 8. The highest BCUT2D eigenvalue weighted by Crippen LogP contribution is 2.28. The van der Waals surface area contributed by atoms with E-state index in [9.17, 15) is 9.59 Å². The number of ether oxygens (including phenoxy) is 3. The van der Waals surface area contributed by atoms with Gasteiger partial charge in [0.1, 0.15) is 0 Å². The van der Waals surface area contributed by atoms with Crippen molar-refractivity contribution in [1.29, 1.82) is 0 Å². The van der Waals surface area contributed by atoms with Crippen LogP contribution >= 0.6 is 0 Å². The summed E-state index contributed by atoms with van der Waals surface area (Å²) in [6.07, 6.45) is -0.229. The SMILES string of the molecule is CCOC(=O)c1cccc(NC(=O)C(CC)Oc2ccccc2OC)c1C. The first-order chi connectivity index (χ1) is 13.0. The fourth-order valence-corrected chi connectivity index (χ4v) is 2.61. The van der Waals surface area contributed by atoms with E-state index in [1.54, 1.807) is 51.3 Å². The predicted octanol–water partition coefficient (Wildman–Crippen LogP) is 3.98. The van der Waals surface area contributed by atoms with E-state index in [0.29, 0.717) is 41.3 Å². The minimum atomic E-state index is -0.702. The molecule has 2 aromatic carbocycles. The zero-order valence-electron chi connectivity index (χ0n) is 16.1. The van der Waals surface area contributed by atoms with Gasteiger partial charge in [-0.15, -0.1) is 0 Å². The molecule has 0 saturated carbocycles. The fourth-order valence-electron chi connectivity index (χ4n) is 2.61. The van der Waals surface area contributed by atoms with Crippen molar-refractivity contribution in [2.24, 2.45) is 0 Å². The van der Waals surface area contributed by atoms with Gasteiger partial charge in [0.05, 0.1) is 19.3 Å². The number of hydrogen-bond donors (Lipinski definition) is 1. The molecule has 144 valence electrons. The smallest absolute Gasteiger partial charge is 0.338 e. The van der Waals surface area contributed by atoms with Crippen molar-refractivity contribution >= 4 is 17.6 Å². The third-order valence-corrected chi connectivity index (χ3v) is 4.09. The van der Waals surface area contributed by atoms with Crippen LogP contribution in [0.2, 0.25) is 0 Å². The first kappa shape index (κ1) is 20.3. The van der Waals surface area contributed by atoms with Crippen LogP contribution in [0.25, 0.3) is 0 Å². The van der Waals surface area contributed by atoms with E-state index in [0.717, 1.165) is 0 Å². The average molecular weight is 371 g/mol. The van der Waals surface area contributed by atoms with Crippen molar-refractivity contribution in [3.05, 3.63) is 53.6 Å². The largest absolute Gasteiger partial charge is 0.493 e. The van der Waals surface area contributed by atoms with Crippen molar-refractivity contribution in [3.63, 3.8) is 0 Å². The van der Waals surface area contributed by atoms with Gasteiger partial charge in [-0.2, -0.15) is 0 Å². The standard InChI is InChI=1S/C21H25NO5/c1-5-17(27-19-13-8-7-12-18(19)25-4)20(23)22-16-11-9-10-15(14(16)3)21(24)26-6-2/h7-13,17H,5-6H2,1-4H3,(H,22,23). The van der Waals surface area contributed by atoms with Gasteiger partial charge in [0.15, 0.2) is 17.6 Å². The van der Waals surface area contributed by atoms with E-state index in [4.69, 9.17) is 14.2 Å². The van der Waals surface area contributed by atoms with Crippen LogP contribution < -0.4 is 14.8 Å². The molecule has 0 aromatic heterocycles. The van der Waals surface area contributed by atoms with Crippen LogP contribution in [0.4, 0.5) is 5.69 Å². The lowest BCUT2D eigenvalue weighted by Crippen LogP contribution is -2.32. The second-order valence-electron chi connectivity index (χ2n) is 5.85. The minimum absolute atomic E-state index is 0.291. The molecule has 0 saturated heterocycles. The van der Waals surface area contributed by atoms with Crippen LogP contribution in [0.3, 0.4) is 0 Å². The lowest BCUT2D eigenvalue weighted by molar-refractivity contribution is -0.122. The molecule has 0 radical (unpaired) electrons. The molecule has 0 heterocycles. The second-order valence-corrected chi connectivity index (χ2v) is 5.85. The van der Waals surface area contributed by atoms with E-state index in [-0.39, 0.29) is 5.91 Å². The predicted molar refractivity (Wildman–Crippen MR) is 103 cm³/mol. The first-order valence-electron chi connectivity index (χ1n) is 8.89. The Kier molecular flexibility index (Phi) is 7.23. The Bertz CT molecular complexity index is 803. The summed E-state index contributed by atoms with van der Waals surface area (Å²) >= 11 is 0. The molecule has 6 nitrogen and oxygen atoms in total. The molecule has 0 aliphatic rings. The highest BCUT2D eigenvalue weighted by atomic mass is 16.5. The summed E-state index contributed by atoms with van der Waals surface area (Å²) in [7, 11) is 1.55. The van der Waals surface area contributed by atoms with Gasteiger partial charge in [-0.05, 0) is 50.1 Å². The fraction of sp³-hybridized carbons (Fsp3) is 0.333. The molecule has 2 aromatic rings. The van der Waals surface area contributed by atoms with Gasteiger partial charge in [0, 0.05) is 5.69 Å². The molecule has 6 heteroatoms. The summed E-state index contributed by atoms with van der Waals surface area (Å²) in [4.78, 5) is 24.7. The van der Waals surface area contributed by atoms with Crippen LogP contribution in [0, 0.1) is 6.92 Å². The third kappa shape index (κ3) is 5.00. The Balaban J connectivity index is 2.17. The Hall–Kier alpha value is -3.02. The van der Waals surface area contributed by atoms with Crippen molar-refractivity contribution in [3.8, 4) is 11.5 Å². The van der Waals surface area contributed by atoms with Gasteiger partial charge >= 0.3 is 5.97 Å². The van der Waals surface area contributed by atoms with Gasteiger partial charge < -0.3 is 19.5 Å². The molecule has 0 aliphatic heterocycles. The Labute approximate surface area is 159 Å². The summed E-state index contributed by atoms with van der Waals surface area (Å²) in [5, 5.41) is 2.84. The summed E-state index contributed by atoms with van der Waals surface area (Å²) in [5.74, 6) is 0.346. The maximum atomic E-state index is 12.7. The number of hydrogen-bond acceptors (Lipinski definition) is 5. The third-order valence-electron chi connectivity index (χ3n) is 4.09. The number of carbonyl (C=O) groups is 2. The van der Waals surface area contributed by atoms with Crippen LogP contribution in [0.1, 0.15) is 36.2 Å². The van der Waals surface area contributed by atoms with Gasteiger partial charge in [0.25, 0.3) is 5.91 Å². The number of methoxy groups -OCH3 is 1. The van der Waals surface area contributed by atoms with Crippen LogP contribution in [-0.2, 0) is 9.53 Å². The number of anilines is 1. The van der Waals surface area contributed by atoms with Gasteiger partial charge in [0.2, 0.25) is 0 Å². The van der Waals surface area contributed by atoms with E-state index < -0.39 is 12.1 Å². The number of esters is 1. The van der Waals surface area contributed by atoms with Crippen molar-refractivity contribution in [2.45, 2.75) is 33.3 Å². The normalized spacial score (nSPS) is 11.4. The Morgan fingerprint density at radius 1 is 1.04 bits per heavy atom. The molecular weight excluding hydrogens is 346 g/mol. The quantitative estimate of drug-likeness (QED) is 0.711. The molecule has 0 aliphatic carbocycles. The zero-order valence-corrected chi connectivity index (χ0v) is 16.1. The molecule has 1 atom stereocenters.